The van der Waals surface area contributed by atoms with E-state index in [-0.39, 0.29) is 11.7 Å². The largest absolute Gasteiger partial charge is 0.494 e. The van der Waals surface area contributed by atoms with Crippen molar-refractivity contribution in [3.63, 3.8) is 0 Å². The number of nitrogens with one attached hydrogen (secondary N) is 1. The van der Waals surface area contributed by atoms with Gasteiger partial charge in [0.05, 0.1) is 12.9 Å². The van der Waals surface area contributed by atoms with Crippen LogP contribution in [-0.4, -0.2) is 36.4 Å². The zero-order valence-electron chi connectivity index (χ0n) is 14.1. The lowest BCUT2D eigenvalue weighted by Crippen LogP contribution is -2.45. The number of likely N-dealkylation sites (N-methyl/N-ethyl adjacent to an activating group) is 1. The summed E-state index contributed by atoms with van der Waals surface area (Å²) in [6, 6.07) is 10.1. The maximum Gasteiger partial charge on any atom is 0.287 e. The fourth-order valence-electron chi connectivity index (χ4n) is 2.28. The molecule has 0 unspecified atom stereocenters. The Bertz CT molecular complexity index is 665. The molecule has 1 aromatic carbocycles. The van der Waals surface area contributed by atoms with Crippen molar-refractivity contribution >= 4 is 11.8 Å². The molecule has 0 saturated carbocycles. The second-order valence-corrected chi connectivity index (χ2v) is 5.44. The van der Waals surface area contributed by atoms with E-state index in [1.54, 1.807) is 31.0 Å². The molecular weight excluding hydrogens is 308 g/mol. The van der Waals surface area contributed by atoms with Gasteiger partial charge in [-0.3, -0.25) is 9.59 Å². The molecule has 1 N–H and O–H groups in total. The molecule has 1 heterocycles. The van der Waals surface area contributed by atoms with E-state index in [0.29, 0.717) is 13.2 Å². The van der Waals surface area contributed by atoms with Crippen LogP contribution in [0.3, 0.4) is 0 Å². The minimum atomic E-state index is -0.643. The summed E-state index contributed by atoms with van der Waals surface area (Å²) in [5.41, 5.74) is 0.985. The van der Waals surface area contributed by atoms with Gasteiger partial charge in [-0.25, -0.2) is 0 Å². The van der Waals surface area contributed by atoms with Gasteiger partial charge in [0, 0.05) is 13.6 Å². The van der Waals surface area contributed by atoms with Gasteiger partial charge in [0.25, 0.3) is 5.91 Å². The van der Waals surface area contributed by atoms with Crippen LogP contribution >= 0.6 is 0 Å². The summed E-state index contributed by atoms with van der Waals surface area (Å²) >= 11 is 0. The van der Waals surface area contributed by atoms with E-state index < -0.39 is 11.9 Å². The number of carbonyl (C=O) groups excluding carboxylic acids is 2. The van der Waals surface area contributed by atoms with E-state index in [9.17, 15) is 9.59 Å². The van der Waals surface area contributed by atoms with Crippen LogP contribution < -0.4 is 10.1 Å². The lowest BCUT2D eigenvalue weighted by atomic mass is 10.2. The molecule has 128 valence electrons. The van der Waals surface area contributed by atoms with Crippen LogP contribution in [0.25, 0.3) is 0 Å². The number of benzene rings is 1. The first-order valence-corrected chi connectivity index (χ1v) is 7.82. The number of nitrogens with zero attached hydrogens (tertiary/aromatic N) is 1. The summed E-state index contributed by atoms with van der Waals surface area (Å²) in [7, 11) is 1.70. The Morgan fingerprint density at radius 1 is 1.25 bits per heavy atom. The highest BCUT2D eigenvalue weighted by molar-refractivity contribution is 5.95. The minimum Gasteiger partial charge on any atom is -0.494 e. The third-order valence-electron chi connectivity index (χ3n) is 3.49. The molecule has 0 bridgehead atoms. The second kappa shape index (κ2) is 8.19. The second-order valence-electron chi connectivity index (χ2n) is 5.44. The number of amides is 2. The number of rotatable bonds is 7. The van der Waals surface area contributed by atoms with Gasteiger partial charge < -0.3 is 19.4 Å². The molecule has 2 rings (SSSR count). The van der Waals surface area contributed by atoms with Crippen LogP contribution in [0.4, 0.5) is 0 Å². The average Bonchev–Trinajstić information content (AvgIpc) is 3.10. The molecular formula is C18H22N2O4. The molecule has 0 aliphatic carbocycles. The molecule has 2 aromatic rings. The first-order chi connectivity index (χ1) is 11.5. The van der Waals surface area contributed by atoms with E-state index in [1.807, 2.05) is 31.2 Å². The summed E-state index contributed by atoms with van der Waals surface area (Å²) in [6.45, 7) is 4.65. The molecule has 1 aromatic heterocycles. The summed E-state index contributed by atoms with van der Waals surface area (Å²) in [5, 5.41) is 2.63. The van der Waals surface area contributed by atoms with Gasteiger partial charge in [0.2, 0.25) is 5.91 Å². The van der Waals surface area contributed by atoms with Crippen LogP contribution in [0.15, 0.2) is 47.1 Å². The Morgan fingerprint density at radius 3 is 2.54 bits per heavy atom. The number of carbonyl (C=O) groups is 2. The first-order valence-electron chi connectivity index (χ1n) is 7.82. The van der Waals surface area contributed by atoms with Crippen LogP contribution in [0.2, 0.25) is 0 Å². The van der Waals surface area contributed by atoms with E-state index in [4.69, 9.17) is 9.15 Å². The zero-order valence-corrected chi connectivity index (χ0v) is 14.1. The molecule has 24 heavy (non-hydrogen) atoms. The molecule has 0 saturated heterocycles. The number of furan rings is 1. The summed E-state index contributed by atoms with van der Waals surface area (Å²) in [4.78, 5) is 25.9. The summed E-state index contributed by atoms with van der Waals surface area (Å²) < 4.78 is 10.4. The number of hydrogen-bond donors (Lipinski definition) is 1. The van der Waals surface area contributed by atoms with Crippen LogP contribution in [0, 0.1) is 0 Å². The van der Waals surface area contributed by atoms with Crippen molar-refractivity contribution in [3.8, 4) is 5.75 Å². The fourth-order valence-corrected chi connectivity index (χ4v) is 2.28. The minimum absolute atomic E-state index is 0.177. The fraction of sp³-hybridized carbons (Fsp3) is 0.333. The maximum absolute atomic E-state index is 12.4. The van der Waals surface area contributed by atoms with Gasteiger partial charge >= 0.3 is 0 Å². The quantitative estimate of drug-likeness (QED) is 0.846. The van der Waals surface area contributed by atoms with E-state index >= 15 is 0 Å². The van der Waals surface area contributed by atoms with Crippen LogP contribution in [-0.2, 0) is 11.3 Å². The predicted molar refractivity (Wildman–Crippen MR) is 89.7 cm³/mol. The molecule has 1 atom stereocenters. The predicted octanol–water partition coefficient (Wildman–Crippen LogP) is 2.46. The summed E-state index contributed by atoms with van der Waals surface area (Å²) in [5.74, 6) is 0.400. The Morgan fingerprint density at radius 2 is 1.96 bits per heavy atom. The third-order valence-corrected chi connectivity index (χ3v) is 3.49. The van der Waals surface area contributed by atoms with Gasteiger partial charge in [0.1, 0.15) is 11.8 Å². The lowest BCUT2D eigenvalue weighted by molar-refractivity contribution is -0.132. The highest BCUT2D eigenvalue weighted by atomic mass is 16.5. The van der Waals surface area contributed by atoms with Gasteiger partial charge in [-0.05, 0) is 43.7 Å². The van der Waals surface area contributed by atoms with Gasteiger partial charge in [-0.15, -0.1) is 0 Å². The molecule has 0 fully saturated rings. The summed E-state index contributed by atoms with van der Waals surface area (Å²) in [6.07, 6.45) is 1.42. The topological polar surface area (TPSA) is 71.8 Å². The van der Waals surface area contributed by atoms with Crippen molar-refractivity contribution in [2.45, 2.75) is 26.4 Å². The molecule has 6 heteroatoms. The highest BCUT2D eigenvalue weighted by Gasteiger charge is 2.21. The van der Waals surface area contributed by atoms with E-state index in [0.717, 1.165) is 11.3 Å². The van der Waals surface area contributed by atoms with Crippen molar-refractivity contribution in [2.75, 3.05) is 13.7 Å². The van der Waals surface area contributed by atoms with Crippen molar-refractivity contribution in [2.24, 2.45) is 0 Å². The standard InChI is InChI=1S/C18H22N2O4/c1-4-23-15-9-7-14(8-10-15)12-20(3)18(22)13(2)19-17(21)16-6-5-11-24-16/h5-11,13H,4,12H2,1-3H3,(H,19,21)/t13-/m1/s1. The van der Waals surface area contributed by atoms with Crippen molar-refractivity contribution in [1.82, 2.24) is 10.2 Å². The van der Waals surface area contributed by atoms with Gasteiger partial charge in [-0.1, -0.05) is 12.1 Å². The van der Waals surface area contributed by atoms with Crippen LogP contribution in [0.5, 0.6) is 5.75 Å². The van der Waals surface area contributed by atoms with Crippen LogP contribution in [0.1, 0.15) is 30.0 Å². The number of ether oxygens (including phenoxy) is 1. The van der Waals surface area contributed by atoms with Gasteiger partial charge in [0.15, 0.2) is 5.76 Å². The Kier molecular flexibility index (Phi) is 6.01. The van der Waals surface area contributed by atoms with Crippen molar-refractivity contribution in [1.29, 1.82) is 0 Å². The number of hydrogen-bond acceptors (Lipinski definition) is 4. The molecule has 0 aliphatic heterocycles. The SMILES string of the molecule is CCOc1ccc(CN(C)C(=O)[C@@H](C)NC(=O)c2ccco2)cc1. The molecule has 0 spiro atoms. The highest BCUT2D eigenvalue weighted by Crippen LogP contribution is 2.13. The zero-order chi connectivity index (χ0) is 17.5. The maximum atomic E-state index is 12.4. The average molecular weight is 330 g/mol. The molecule has 2 amide bonds. The normalized spacial score (nSPS) is 11.6. The van der Waals surface area contributed by atoms with Crippen molar-refractivity contribution < 1.29 is 18.7 Å². The Balaban J connectivity index is 1.89. The Hall–Kier alpha value is -2.76. The third kappa shape index (κ3) is 4.62. The van der Waals surface area contributed by atoms with E-state index in [2.05, 4.69) is 5.32 Å². The first kappa shape index (κ1) is 17.6. The molecule has 6 nitrogen and oxygen atoms in total. The van der Waals surface area contributed by atoms with E-state index in [1.165, 1.54) is 6.26 Å². The monoisotopic (exact) mass is 330 g/mol. The van der Waals surface area contributed by atoms with Crippen molar-refractivity contribution in [3.05, 3.63) is 54.0 Å². The smallest absolute Gasteiger partial charge is 0.287 e. The lowest BCUT2D eigenvalue weighted by Gasteiger charge is -2.22. The van der Waals surface area contributed by atoms with Gasteiger partial charge in [-0.2, -0.15) is 0 Å². The Labute approximate surface area is 141 Å². The molecule has 0 aliphatic rings. The molecule has 0 radical (unpaired) electrons.